The Kier molecular flexibility index (Phi) is 2.56. The molecule has 2 rings (SSSR count). The van der Waals surface area contributed by atoms with E-state index in [4.69, 9.17) is 4.42 Å². The van der Waals surface area contributed by atoms with E-state index < -0.39 is 5.76 Å². The summed E-state index contributed by atoms with van der Waals surface area (Å²) in [5.74, 6) is 0.505. The fourth-order valence-electron chi connectivity index (χ4n) is 1.59. The van der Waals surface area contributed by atoms with Gasteiger partial charge in [-0.15, -0.1) is 0 Å². The molecule has 16 heavy (non-hydrogen) atoms. The Bertz CT molecular complexity index is 534. The highest BCUT2D eigenvalue weighted by atomic mass is 16.4. The number of nitrogens with one attached hydrogen (secondary N) is 1. The van der Waals surface area contributed by atoms with Gasteiger partial charge >= 0.3 is 5.76 Å². The minimum Gasteiger partial charge on any atom is -0.508 e. The zero-order chi connectivity index (χ0) is 11.7. The number of oxazole rings is 1. The Balaban J connectivity index is 2.55. The van der Waals surface area contributed by atoms with E-state index in [2.05, 4.69) is 4.98 Å². The molecule has 0 bridgehead atoms. The molecule has 4 nitrogen and oxygen atoms in total. The monoisotopic (exact) mass is 219 g/mol. The summed E-state index contributed by atoms with van der Waals surface area (Å²) < 4.78 is 5.09. The number of hydrogen-bond donors (Lipinski definition) is 2. The second-order valence-corrected chi connectivity index (χ2v) is 3.96. The lowest BCUT2D eigenvalue weighted by Gasteiger charge is -2.04. The molecular formula is C12H13NO3. The maximum Gasteiger partial charge on any atom is 0.416 e. The van der Waals surface area contributed by atoms with E-state index in [1.54, 1.807) is 24.3 Å². The minimum atomic E-state index is -0.452. The van der Waals surface area contributed by atoms with Gasteiger partial charge < -0.3 is 9.52 Å². The van der Waals surface area contributed by atoms with Crippen molar-refractivity contribution in [3.63, 3.8) is 0 Å². The predicted octanol–water partition coefficient (Wildman–Crippen LogP) is 2.46. The summed E-state index contributed by atoms with van der Waals surface area (Å²) in [6, 6.07) is 6.62. The van der Waals surface area contributed by atoms with Crippen molar-refractivity contribution in [3.05, 3.63) is 40.6 Å². The third-order valence-corrected chi connectivity index (χ3v) is 2.36. The van der Waals surface area contributed by atoms with Crippen LogP contribution >= 0.6 is 0 Å². The summed E-state index contributed by atoms with van der Waals surface area (Å²) in [7, 11) is 0. The molecule has 4 heteroatoms. The van der Waals surface area contributed by atoms with Crippen LogP contribution in [0.25, 0.3) is 11.3 Å². The lowest BCUT2D eigenvalue weighted by molar-refractivity contribution is 0.451. The van der Waals surface area contributed by atoms with Crippen LogP contribution in [-0.2, 0) is 0 Å². The molecule has 0 spiro atoms. The van der Waals surface area contributed by atoms with Crippen LogP contribution in [0.1, 0.15) is 25.5 Å². The molecule has 0 atom stereocenters. The molecule has 0 fully saturated rings. The molecule has 0 aliphatic heterocycles. The first-order chi connectivity index (χ1) is 7.58. The summed E-state index contributed by atoms with van der Waals surface area (Å²) in [4.78, 5) is 13.8. The summed E-state index contributed by atoms with van der Waals surface area (Å²) in [6.07, 6.45) is 0. The second kappa shape index (κ2) is 3.89. The van der Waals surface area contributed by atoms with E-state index in [-0.39, 0.29) is 11.7 Å². The van der Waals surface area contributed by atoms with Crippen molar-refractivity contribution in [2.24, 2.45) is 0 Å². The molecule has 2 N–H and O–H groups in total. The molecule has 84 valence electrons. The first kappa shape index (κ1) is 10.5. The minimum absolute atomic E-state index is 0.128. The van der Waals surface area contributed by atoms with Gasteiger partial charge in [0, 0.05) is 11.5 Å². The molecule has 0 amide bonds. The summed E-state index contributed by atoms with van der Waals surface area (Å²) in [5.41, 5.74) is 1.51. The topological polar surface area (TPSA) is 66.2 Å². The number of phenols is 1. The quantitative estimate of drug-likeness (QED) is 0.815. The van der Waals surface area contributed by atoms with Gasteiger partial charge in [0.25, 0.3) is 0 Å². The smallest absolute Gasteiger partial charge is 0.416 e. The highest BCUT2D eigenvalue weighted by Gasteiger charge is 2.14. The van der Waals surface area contributed by atoms with E-state index >= 15 is 0 Å². The Labute approximate surface area is 92.6 Å². The van der Waals surface area contributed by atoms with Crippen LogP contribution in [0, 0.1) is 0 Å². The van der Waals surface area contributed by atoms with Crippen molar-refractivity contribution in [1.82, 2.24) is 4.98 Å². The highest BCUT2D eigenvalue weighted by molar-refractivity contribution is 5.62. The molecule has 1 heterocycles. The van der Waals surface area contributed by atoms with Crippen molar-refractivity contribution in [2.75, 3.05) is 0 Å². The predicted molar refractivity (Wildman–Crippen MR) is 60.5 cm³/mol. The Morgan fingerprint density at radius 1 is 1.25 bits per heavy atom. The van der Waals surface area contributed by atoms with Gasteiger partial charge in [-0.25, -0.2) is 4.79 Å². The van der Waals surface area contributed by atoms with E-state index in [0.29, 0.717) is 11.5 Å². The van der Waals surface area contributed by atoms with Crippen molar-refractivity contribution < 1.29 is 9.52 Å². The molecule has 0 radical (unpaired) electrons. The molecule has 0 saturated heterocycles. The number of hydrogen-bond acceptors (Lipinski definition) is 3. The maximum absolute atomic E-state index is 11.2. The van der Waals surface area contributed by atoms with Gasteiger partial charge in [0.05, 0.1) is 5.69 Å². The van der Waals surface area contributed by atoms with Crippen LogP contribution in [0.15, 0.2) is 33.5 Å². The largest absolute Gasteiger partial charge is 0.508 e. The molecule has 0 unspecified atom stereocenters. The van der Waals surface area contributed by atoms with Gasteiger partial charge in [0.1, 0.15) is 11.5 Å². The third kappa shape index (κ3) is 1.86. The fourth-order valence-corrected chi connectivity index (χ4v) is 1.59. The zero-order valence-electron chi connectivity index (χ0n) is 9.15. The average molecular weight is 219 g/mol. The van der Waals surface area contributed by atoms with Crippen molar-refractivity contribution >= 4 is 0 Å². The number of aromatic hydroxyl groups is 1. The summed E-state index contributed by atoms with van der Waals surface area (Å²) in [5, 5.41) is 9.19. The van der Waals surface area contributed by atoms with Gasteiger partial charge in [0.15, 0.2) is 0 Å². The van der Waals surface area contributed by atoms with Crippen LogP contribution in [-0.4, -0.2) is 10.1 Å². The van der Waals surface area contributed by atoms with E-state index in [1.807, 2.05) is 13.8 Å². The zero-order valence-corrected chi connectivity index (χ0v) is 9.15. The van der Waals surface area contributed by atoms with Crippen LogP contribution in [0.3, 0.4) is 0 Å². The van der Waals surface area contributed by atoms with Crippen LogP contribution in [0.2, 0.25) is 0 Å². The fraction of sp³-hybridized carbons (Fsp3) is 0.250. The lowest BCUT2D eigenvalue weighted by atomic mass is 10.0. The molecule has 0 aliphatic carbocycles. The van der Waals surface area contributed by atoms with Gasteiger partial charge in [-0.3, -0.25) is 4.98 Å². The number of aromatic amines is 1. The Morgan fingerprint density at radius 3 is 2.44 bits per heavy atom. The number of phenolic OH excluding ortho intramolecular Hbond substituents is 1. The van der Waals surface area contributed by atoms with Crippen LogP contribution < -0.4 is 5.76 Å². The number of H-pyrrole nitrogens is 1. The second-order valence-electron chi connectivity index (χ2n) is 3.96. The van der Waals surface area contributed by atoms with Gasteiger partial charge in [-0.2, -0.15) is 0 Å². The van der Waals surface area contributed by atoms with E-state index in [1.165, 1.54) is 0 Å². The highest BCUT2D eigenvalue weighted by Crippen LogP contribution is 2.27. The Morgan fingerprint density at radius 2 is 1.88 bits per heavy atom. The van der Waals surface area contributed by atoms with Gasteiger partial charge in [-0.05, 0) is 24.3 Å². The van der Waals surface area contributed by atoms with Gasteiger partial charge in [-0.1, -0.05) is 13.8 Å². The molecular weight excluding hydrogens is 206 g/mol. The summed E-state index contributed by atoms with van der Waals surface area (Å²) in [6.45, 7) is 3.91. The number of benzene rings is 1. The average Bonchev–Trinajstić information content (AvgIpc) is 2.61. The SMILES string of the molecule is CC(C)c1oc(=O)[nH]c1-c1ccc(O)cc1. The van der Waals surface area contributed by atoms with Crippen LogP contribution in [0.5, 0.6) is 5.75 Å². The molecule has 0 saturated carbocycles. The molecule has 2 aromatic rings. The normalized spacial score (nSPS) is 10.9. The molecule has 0 aliphatic rings. The lowest BCUT2D eigenvalue weighted by Crippen LogP contribution is -1.94. The maximum atomic E-state index is 11.2. The van der Waals surface area contributed by atoms with E-state index in [0.717, 1.165) is 5.56 Å². The number of aromatic nitrogens is 1. The van der Waals surface area contributed by atoms with Crippen LogP contribution in [0.4, 0.5) is 0 Å². The first-order valence-electron chi connectivity index (χ1n) is 5.10. The van der Waals surface area contributed by atoms with Crippen molar-refractivity contribution in [2.45, 2.75) is 19.8 Å². The summed E-state index contributed by atoms with van der Waals surface area (Å²) >= 11 is 0. The first-order valence-corrected chi connectivity index (χ1v) is 5.10. The standard InChI is InChI=1S/C12H13NO3/c1-7(2)11-10(13-12(15)16-11)8-3-5-9(14)6-4-8/h3-7,14H,1-2H3,(H,13,15). The third-order valence-electron chi connectivity index (χ3n) is 2.36. The molecule has 1 aromatic carbocycles. The van der Waals surface area contributed by atoms with Crippen molar-refractivity contribution in [3.8, 4) is 17.0 Å². The van der Waals surface area contributed by atoms with Gasteiger partial charge in [0.2, 0.25) is 0 Å². The van der Waals surface area contributed by atoms with E-state index in [9.17, 15) is 9.90 Å². The number of rotatable bonds is 2. The Hall–Kier alpha value is -1.97. The molecule has 1 aromatic heterocycles. The van der Waals surface area contributed by atoms with Crippen molar-refractivity contribution in [1.29, 1.82) is 0 Å².